The Morgan fingerprint density at radius 1 is 1.40 bits per heavy atom. The first-order valence-electron chi connectivity index (χ1n) is 5.96. The van der Waals surface area contributed by atoms with Crippen molar-refractivity contribution in [2.24, 2.45) is 0 Å². The molecule has 1 N–H and O–H groups in total. The molecule has 1 amide bonds. The minimum Gasteiger partial charge on any atom is -0.468 e. The summed E-state index contributed by atoms with van der Waals surface area (Å²) in [6.45, 7) is 1.84. The number of rotatable bonds is 5. The predicted molar refractivity (Wildman–Crippen MR) is 84.6 cm³/mol. The second-order valence-electron chi connectivity index (χ2n) is 4.15. The Bertz CT molecular complexity index is 587. The molecule has 0 fully saturated rings. The van der Waals surface area contributed by atoms with Crippen LogP contribution in [0.25, 0.3) is 0 Å². The molecule has 2 aromatic rings. The normalized spacial score (nSPS) is 12.2. The fourth-order valence-electron chi connectivity index (χ4n) is 1.50. The van der Waals surface area contributed by atoms with Gasteiger partial charge in [0.15, 0.2) is 0 Å². The topological polar surface area (TPSA) is 42.2 Å². The maximum Gasteiger partial charge on any atom is 0.237 e. The van der Waals surface area contributed by atoms with E-state index in [2.05, 4.69) is 5.32 Å². The van der Waals surface area contributed by atoms with Gasteiger partial charge < -0.3 is 9.73 Å². The molecule has 0 saturated heterocycles. The number of furan rings is 1. The van der Waals surface area contributed by atoms with Gasteiger partial charge in [0.2, 0.25) is 5.91 Å². The number of anilines is 1. The summed E-state index contributed by atoms with van der Waals surface area (Å²) in [6.07, 6.45) is 1.62. The zero-order valence-electron chi connectivity index (χ0n) is 10.7. The van der Waals surface area contributed by atoms with Gasteiger partial charge in [-0.2, -0.15) is 0 Å². The van der Waals surface area contributed by atoms with Crippen LogP contribution in [0.1, 0.15) is 12.7 Å². The lowest BCUT2D eigenvalue weighted by Gasteiger charge is -2.12. The molecular formula is C14H13Cl2NO2S. The first-order valence-corrected chi connectivity index (χ1v) is 7.76. The smallest absolute Gasteiger partial charge is 0.237 e. The van der Waals surface area contributed by atoms with Gasteiger partial charge in [0.25, 0.3) is 0 Å². The number of benzene rings is 1. The number of hydrogen-bond donors (Lipinski definition) is 1. The van der Waals surface area contributed by atoms with Crippen LogP contribution in [0.4, 0.5) is 5.69 Å². The fraction of sp³-hybridized carbons (Fsp3) is 0.214. The third-order valence-electron chi connectivity index (χ3n) is 2.61. The van der Waals surface area contributed by atoms with E-state index in [9.17, 15) is 4.79 Å². The van der Waals surface area contributed by atoms with Crippen LogP contribution in [0.2, 0.25) is 10.0 Å². The zero-order valence-corrected chi connectivity index (χ0v) is 13.1. The molecule has 2 rings (SSSR count). The van der Waals surface area contributed by atoms with Gasteiger partial charge in [-0.3, -0.25) is 4.79 Å². The van der Waals surface area contributed by atoms with E-state index >= 15 is 0 Å². The van der Waals surface area contributed by atoms with E-state index < -0.39 is 0 Å². The molecule has 1 aromatic carbocycles. The Morgan fingerprint density at radius 2 is 2.20 bits per heavy atom. The number of hydrogen-bond acceptors (Lipinski definition) is 3. The summed E-state index contributed by atoms with van der Waals surface area (Å²) in [4.78, 5) is 12.1. The first-order chi connectivity index (χ1) is 9.56. The van der Waals surface area contributed by atoms with Gasteiger partial charge in [0.05, 0.1) is 28.0 Å². The van der Waals surface area contributed by atoms with Crippen LogP contribution in [0, 0.1) is 0 Å². The minimum atomic E-state index is -0.216. The summed E-state index contributed by atoms with van der Waals surface area (Å²) in [5.74, 6) is 1.39. The quantitative estimate of drug-likeness (QED) is 0.852. The van der Waals surface area contributed by atoms with Crippen LogP contribution in [0.3, 0.4) is 0 Å². The lowest BCUT2D eigenvalue weighted by molar-refractivity contribution is -0.115. The monoisotopic (exact) mass is 329 g/mol. The molecule has 106 valence electrons. The summed E-state index contributed by atoms with van der Waals surface area (Å²) in [7, 11) is 0. The van der Waals surface area contributed by atoms with Crippen molar-refractivity contribution in [2.45, 2.75) is 17.9 Å². The number of thioether (sulfide) groups is 1. The zero-order chi connectivity index (χ0) is 14.5. The number of halogens is 2. The molecule has 0 aliphatic heterocycles. The maximum absolute atomic E-state index is 12.1. The number of carbonyl (C=O) groups is 1. The molecule has 0 radical (unpaired) electrons. The van der Waals surface area contributed by atoms with Gasteiger partial charge in [0, 0.05) is 5.02 Å². The average molecular weight is 330 g/mol. The molecule has 0 bridgehead atoms. The highest BCUT2D eigenvalue weighted by Crippen LogP contribution is 2.26. The van der Waals surface area contributed by atoms with E-state index in [1.807, 2.05) is 19.1 Å². The van der Waals surface area contributed by atoms with Crippen molar-refractivity contribution < 1.29 is 9.21 Å². The lowest BCUT2D eigenvalue weighted by atomic mass is 10.3. The second-order valence-corrected chi connectivity index (χ2v) is 6.32. The summed E-state index contributed by atoms with van der Waals surface area (Å²) in [6, 6.07) is 8.68. The van der Waals surface area contributed by atoms with Crippen LogP contribution in [-0.4, -0.2) is 11.2 Å². The van der Waals surface area contributed by atoms with Gasteiger partial charge in [0.1, 0.15) is 5.76 Å². The molecule has 1 aromatic heterocycles. The number of carbonyl (C=O) groups excluding carboxylic acids is 1. The molecule has 20 heavy (non-hydrogen) atoms. The van der Waals surface area contributed by atoms with E-state index in [0.717, 1.165) is 5.76 Å². The van der Waals surface area contributed by atoms with Crippen LogP contribution >= 0.6 is 35.0 Å². The van der Waals surface area contributed by atoms with E-state index in [1.54, 1.807) is 24.5 Å². The van der Waals surface area contributed by atoms with Gasteiger partial charge in [-0.15, -0.1) is 11.8 Å². The fourth-order valence-corrected chi connectivity index (χ4v) is 2.75. The van der Waals surface area contributed by atoms with Crippen molar-refractivity contribution in [3.05, 3.63) is 52.4 Å². The number of nitrogens with one attached hydrogen (secondary N) is 1. The average Bonchev–Trinajstić information content (AvgIpc) is 2.92. The third-order valence-corrected chi connectivity index (χ3v) is 4.33. The standard InChI is InChI=1S/C14H13Cl2NO2S/c1-9(20-8-11-3-2-6-19-11)14(18)17-13-5-4-10(15)7-12(13)16/h2-7,9H,8H2,1H3,(H,17,18)/t9-/m1/s1. The SMILES string of the molecule is C[C@@H](SCc1ccco1)C(=O)Nc1ccc(Cl)cc1Cl. The molecule has 0 aliphatic rings. The van der Waals surface area contributed by atoms with Crippen LogP contribution in [-0.2, 0) is 10.5 Å². The lowest BCUT2D eigenvalue weighted by Crippen LogP contribution is -2.22. The highest BCUT2D eigenvalue weighted by molar-refractivity contribution is 7.99. The molecular weight excluding hydrogens is 317 g/mol. The van der Waals surface area contributed by atoms with E-state index in [-0.39, 0.29) is 11.2 Å². The molecule has 1 atom stereocenters. The van der Waals surface area contributed by atoms with Crippen LogP contribution in [0.5, 0.6) is 0 Å². The summed E-state index contributed by atoms with van der Waals surface area (Å²) < 4.78 is 5.23. The molecule has 0 aliphatic carbocycles. The summed E-state index contributed by atoms with van der Waals surface area (Å²) in [5, 5.41) is 3.53. The Morgan fingerprint density at radius 3 is 2.85 bits per heavy atom. The van der Waals surface area contributed by atoms with Crippen LogP contribution in [0.15, 0.2) is 41.0 Å². The Kier molecular flexibility index (Phi) is 5.40. The van der Waals surface area contributed by atoms with E-state index in [4.69, 9.17) is 27.6 Å². The Balaban J connectivity index is 1.90. The maximum atomic E-state index is 12.1. The van der Waals surface area contributed by atoms with Crippen molar-refractivity contribution in [3.63, 3.8) is 0 Å². The molecule has 0 saturated carbocycles. The minimum absolute atomic E-state index is 0.106. The second kappa shape index (κ2) is 7.07. The van der Waals surface area contributed by atoms with E-state index in [1.165, 1.54) is 11.8 Å². The first kappa shape index (κ1) is 15.3. The van der Waals surface area contributed by atoms with Gasteiger partial charge >= 0.3 is 0 Å². The largest absolute Gasteiger partial charge is 0.468 e. The van der Waals surface area contributed by atoms with Crippen molar-refractivity contribution in [2.75, 3.05) is 5.32 Å². The summed E-state index contributed by atoms with van der Waals surface area (Å²) >= 11 is 13.3. The predicted octanol–water partition coefficient (Wildman–Crippen LogP) is 4.85. The van der Waals surface area contributed by atoms with Gasteiger partial charge in [-0.1, -0.05) is 23.2 Å². The van der Waals surface area contributed by atoms with Gasteiger partial charge in [-0.05, 0) is 37.3 Å². The van der Waals surface area contributed by atoms with E-state index in [0.29, 0.717) is 21.5 Å². The molecule has 0 unspecified atom stereocenters. The Labute approximate surface area is 131 Å². The highest BCUT2D eigenvalue weighted by Gasteiger charge is 2.15. The molecule has 1 heterocycles. The highest BCUT2D eigenvalue weighted by atomic mass is 35.5. The van der Waals surface area contributed by atoms with Crippen molar-refractivity contribution in [1.82, 2.24) is 0 Å². The van der Waals surface area contributed by atoms with Gasteiger partial charge in [-0.25, -0.2) is 0 Å². The van der Waals surface area contributed by atoms with Crippen molar-refractivity contribution in [3.8, 4) is 0 Å². The van der Waals surface area contributed by atoms with Crippen molar-refractivity contribution >= 4 is 46.6 Å². The molecule has 0 spiro atoms. The third kappa shape index (κ3) is 4.20. The molecule has 6 heteroatoms. The van der Waals surface area contributed by atoms with Crippen molar-refractivity contribution in [1.29, 1.82) is 0 Å². The number of amides is 1. The Hall–Kier alpha value is -1.10. The van der Waals surface area contributed by atoms with Crippen LogP contribution < -0.4 is 5.32 Å². The molecule has 3 nitrogen and oxygen atoms in total. The summed E-state index contributed by atoms with van der Waals surface area (Å²) in [5.41, 5.74) is 0.562.